The van der Waals surface area contributed by atoms with Crippen molar-refractivity contribution in [2.24, 2.45) is 23.7 Å². The standard InChI is InChI=1S/C15H25N3/c1-9(2)15-11-5-7-13-14(8-6-12(11)15)18(10(3)4)17-16-13/h9-12,15H,5-8H2,1-4H3/t11?,12?,15-/m1/s1. The zero-order valence-electron chi connectivity index (χ0n) is 12.1. The van der Waals surface area contributed by atoms with Gasteiger partial charge in [-0.15, -0.1) is 5.10 Å². The summed E-state index contributed by atoms with van der Waals surface area (Å²) in [5.41, 5.74) is 2.69. The van der Waals surface area contributed by atoms with Crippen molar-refractivity contribution in [3.63, 3.8) is 0 Å². The van der Waals surface area contributed by atoms with Crippen LogP contribution >= 0.6 is 0 Å². The van der Waals surface area contributed by atoms with Gasteiger partial charge in [-0.3, -0.25) is 0 Å². The maximum atomic E-state index is 4.42. The predicted octanol–water partition coefficient (Wildman–Crippen LogP) is 3.26. The Kier molecular flexibility index (Phi) is 2.95. The molecule has 2 aliphatic carbocycles. The van der Waals surface area contributed by atoms with E-state index in [4.69, 9.17) is 0 Å². The van der Waals surface area contributed by atoms with Crippen LogP contribution in [0.5, 0.6) is 0 Å². The van der Waals surface area contributed by atoms with Gasteiger partial charge in [-0.25, -0.2) is 4.68 Å². The van der Waals surface area contributed by atoms with Crippen LogP contribution in [0.25, 0.3) is 0 Å². The molecule has 0 saturated heterocycles. The lowest BCUT2D eigenvalue weighted by Crippen LogP contribution is -2.10. The average Bonchev–Trinajstić information content (AvgIpc) is 2.81. The van der Waals surface area contributed by atoms with Gasteiger partial charge in [0.2, 0.25) is 0 Å². The van der Waals surface area contributed by atoms with E-state index in [1.54, 1.807) is 0 Å². The molecule has 3 rings (SSSR count). The van der Waals surface area contributed by atoms with Gasteiger partial charge >= 0.3 is 0 Å². The van der Waals surface area contributed by atoms with E-state index in [-0.39, 0.29) is 0 Å². The van der Waals surface area contributed by atoms with Gasteiger partial charge in [0.05, 0.1) is 11.4 Å². The molecule has 1 heterocycles. The molecule has 2 aliphatic rings. The molecule has 1 aromatic heterocycles. The molecule has 1 aromatic rings. The molecule has 3 heteroatoms. The fourth-order valence-corrected chi connectivity index (χ4v) is 4.10. The molecule has 0 N–H and O–H groups in total. The third-order valence-electron chi connectivity index (χ3n) is 4.96. The van der Waals surface area contributed by atoms with Gasteiger partial charge < -0.3 is 0 Å². The molecule has 0 aliphatic heterocycles. The zero-order chi connectivity index (χ0) is 12.9. The summed E-state index contributed by atoms with van der Waals surface area (Å²) in [6.45, 7) is 9.17. The molecule has 0 amide bonds. The van der Waals surface area contributed by atoms with E-state index in [1.807, 2.05) is 0 Å². The van der Waals surface area contributed by atoms with Crippen molar-refractivity contribution in [3.05, 3.63) is 11.4 Å². The number of aromatic nitrogens is 3. The smallest absolute Gasteiger partial charge is 0.0859 e. The van der Waals surface area contributed by atoms with E-state index >= 15 is 0 Å². The van der Waals surface area contributed by atoms with E-state index < -0.39 is 0 Å². The zero-order valence-corrected chi connectivity index (χ0v) is 12.1. The third kappa shape index (κ3) is 1.88. The first kappa shape index (κ1) is 12.2. The minimum atomic E-state index is 0.441. The highest BCUT2D eigenvalue weighted by Crippen LogP contribution is 2.56. The Morgan fingerprint density at radius 3 is 2.33 bits per heavy atom. The van der Waals surface area contributed by atoms with E-state index in [2.05, 4.69) is 42.7 Å². The SMILES string of the molecule is CC(C)[C@@H]1C2CCc3nnn(C(C)C)c3CCC21. The van der Waals surface area contributed by atoms with Gasteiger partial charge in [0.15, 0.2) is 0 Å². The van der Waals surface area contributed by atoms with Crippen molar-refractivity contribution < 1.29 is 0 Å². The van der Waals surface area contributed by atoms with Crippen molar-refractivity contribution in [2.45, 2.75) is 59.4 Å². The summed E-state index contributed by atoms with van der Waals surface area (Å²) in [6.07, 6.45) is 5.01. The molecule has 0 spiro atoms. The van der Waals surface area contributed by atoms with E-state index in [0.717, 1.165) is 30.1 Å². The number of hydrogen-bond donors (Lipinski definition) is 0. The molecule has 3 atom stereocenters. The molecule has 100 valence electrons. The first-order valence-electron chi connectivity index (χ1n) is 7.52. The van der Waals surface area contributed by atoms with Crippen molar-refractivity contribution in [2.75, 3.05) is 0 Å². The van der Waals surface area contributed by atoms with E-state index in [9.17, 15) is 0 Å². The Hall–Kier alpha value is -0.860. The molecule has 3 nitrogen and oxygen atoms in total. The first-order chi connectivity index (χ1) is 8.59. The normalized spacial score (nSPS) is 30.9. The molecular weight excluding hydrogens is 222 g/mol. The number of rotatable bonds is 2. The maximum absolute atomic E-state index is 4.42. The quantitative estimate of drug-likeness (QED) is 0.803. The Balaban J connectivity index is 1.79. The van der Waals surface area contributed by atoms with Crippen molar-refractivity contribution in [3.8, 4) is 0 Å². The Morgan fingerprint density at radius 2 is 1.72 bits per heavy atom. The van der Waals surface area contributed by atoms with Gasteiger partial charge in [-0.1, -0.05) is 19.1 Å². The van der Waals surface area contributed by atoms with Crippen LogP contribution in [0.1, 0.15) is 58.0 Å². The molecule has 2 unspecified atom stereocenters. The number of hydrogen-bond acceptors (Lipinski definition) is 2. The minimum absolute atomic E-state index is 0.441. The van der Waals surface area contributed by atoms with Crippen LogP contribution in [-0.4, -0.2) is 15.0 Å². The highest BCUT2D eigenvalue weighted by atomic mass is 15.4. The molecular formula is C15H25N3. The molecule has 18 heavy (non-hydrogen) atoms. The van der Waals surface area contributed by atoms with Crippen LogP contribution in [0.4, 0.5) is 0 Å². The summed E-state index contributed by atoms with van der Waals surface area (Å²) in [5, 5.41) is 8.76. The fraction of sp³-hybridized carbons (Fsp3) is 0.867. The highest BCUT2D eigenvalue weighted by molar-refractivity contribution is 5.15. The summed E-state index contributed by atoms with van der Waals surface area (Å²) < 4.78 is 2.14. The number of aryl methyl sites for hydroxylation is 1. The van der Waals surface area contributed by atoms with Gasteiger partial charge in [-0.2, -0.15) is 0 Å². The van der Waals surface area contributed by atoms with Crippen LogP contribution in [0.2, 0.25) is 0 Å². The van der Waals surface area contributed by atoms with Crippen LogP contribution in [0.15, 0.2) is 0 Å². The first-order valence-corrected chi connectivity index (χ1v) is 7.52. The molecule has 0 bridgehead atoms. The topological polar surface area (TPSA) is 30.7 Å². The second-order valence-corrected chi connectivity index (χ2v) is 6.75. The van der Waals surface area contributed by atoms with Gasteiger partial charge in [0.1, 0.15) is 0 Å². The van der Waals surface area contributed by atoms with E-state index in [1.165, 1.54) is 30.7 Å². The van der Waals surface area contributed by atoms with Gasteiger partial charge in [-0.05, 0) is 63.2 Å². The van der Waals surface area contributed by atoms with Crippen molar-refractivity contribution >= 4 is 0 Å². The van der Waals surface area contributed by atoms with Crippen LogP contribution in [0, 0.1) is 23.7 Å². The van der Waals surface area contributed by atoms with E-state index in [0.29, 0.717) is 6.04 Å². The Morgan fingerprint density at radius 1 is 1.06 bits per heavy atom. The average molecular weight is 247 g/mol. The summed E-state index contributed by atoms with van der Waals surface area (Å²) >= 11 is 0. The van der Waals surface area contributed by atoms with Crippen molar-refractivity contribution in [1.29, 1.82) is 0 Å². The summed E-state index contributed by atoms with van der Waals surface area (Å²) in [6, 6.07) is 0.441. The minimum Gasteiger partial charge on any atom is -0.247 e. The van der Waals surface area contributed by atoms with Crippen molar-refractivity contribution in [1.82, 2.24) is 15.0 Å². The van der Waals surface area contributed by atoms with Crippen LogP contribution in [-0.2, 0) is 12.8 Å². The number of nitrogens with zero attached hydrogens (tertiary/aromatic N) is 3. The third-order valence-corrected chi connectivity index (χ3v) is 4.96. The summed E-state index contributed by atoms with van der Waals surface area (Å²) in [7, 11) is 0. The Labute approximate surface area is 110 Å². The summed E-state index contributed by atoms with van der Waals surface area (Å²) in [4.78, 5) is 0. The lowest BCUT2D eigenvalue weighted by Gasteiger charge is -2.12. The maximum Gasteiger partial charge on any atom is 0.0859 e. The predicted molar refractivity (Wildman–Crippen MR) is 72.4 cm³/mol. The second kappa shape index (κ2) is 4.36. The molecule has 0 aromatic carbocycles. The fourth-order valence-electron chi connectivity index (χ4n) is 4.10. The van der Waals surface area contributed by atoms with Crippen LogP contribution in [0.3, 0.4) is 0 Å². The highest BCUT2D eigenvalue weighted by Gasteiger charge is 2.50. The molecule has 0 radical (unpaired) electrons. The molecule has 1 saturated carbocycles. The molecule has 1 fully saturated rings. The van der Waals surface area contributed by atoms with Gasteiger partial charge in [0, 0.05) is 6.04 Å². The largest absolute Gasteiger partial charge is 0.247 e. The van der Waals surface area contributed by atoms with Gasteiger partial charge in [0.25, 0.3) is 0 Å². The monoisotopic (exact) mass is 247 g/mol. The lowest BCUT2D eigenvalue weighted by atomic mass is 10.0. The summed E-state index contributed by atoms with van der Waals surface area (Å²) in [5.74, 6) is 3.79. The van der Waals surface area contributed by atoms with Crippen LogP contribution < -0.4 is 0 Å². The Bertz CT molecular complexity index is 433. The number of fused-ring (bicyclic) bond motifs is 2. The second-order valence-electron chi connectivity index (χ2n) is 6.75. The lowest BCUT2D eigenvalue weighted by molar-refractivity contribution is 0.472.